The smallest absolute Gasteiger partial charge is 0.357 e. The zero-order valence-electron chi connectivity index (χ0n) is 25.2. The number of fused-ring (bicyclic) bond motifs is 4. The second-order valence-corrected chi connectivity index (χ2v) is 12.4. The van der Waals surface area contributed by atoms with Crippen molar-refractivity contribution in [3.8, 4) is 11.5 Å². The number of carbonyl (C=O) groups is 3. The van der Waals surface area contributed by atoms with E-state index in [-0.39, 0.29) is 24.5 Å². The van der Waals surface area contributed by atoms with E-state index in [0.717, 1.165) is 43.2 Å². The molecule has 5 atom stereocenters. The van der Waals surface area contributed by atoms with Crippen LogP contribution in [0.5, 0.6) is 11.5 Å². The average Bonchev–Trinajstić information content (AvgIpc) is 3.23. The van der Waals surface area contributed by atoms with Crippen LogP contribution in [0.25, 0.3) is 0 Å². The summed E-state index contributed by atoms with van der Waals surface area (Å²) in [5.74, 6) is -2.07. The molecule has 10 heteroatoms. The number of hydrogen-bond acceptors (Lipinski definition) is 10. The largest absolute Gasteiger partial charge is 0.493 e. The molecule has 2 aliphatic heterocycles. The van der Waals surface area contributed by atoms with Crippen LogP contribution in [0.1, 0.15) is 75.2 Å². The number of methoxy groups -OCH3 is 1. The highest BCUT2D eigenvalue weighted by molar-refractivity contribution is 5.85. The minimum atomic E-state index is -1.42. The maximum atomic E-state index is 13.8. The van der Waals surface area contributed by atoms with Gasteiger partial charge in [0.25, 0.3) is 0 Å². The highest BCUT2D eigenvalue weighted by Crippen LogP contribution is 2.47. The van der Waals surface area contributed by atoms with Gasteiger partial charge in [0.15, 0.2) is 23.7 Å². The summed E-state index contributed by atoms with van der Waals surface area (Å²) in [7, 11) is 1.59. The van der Waals surface area contributed by atoms with Crippen molar-refractivity contribution in [2.24, 2.45) is 5.92 Å². The Balaban J connectivity index is 1.27. The molecule has 0 saturated carbocycles. The Morgan fingerprint density at radius 2 is 1.91 bits per heavy atom. The normalized spacial score (nSPS) is 27.6. The van der Waals surface area contributed by atoms with Gasteiger partial charge in [0, 0.05) is 31.4 Å². The molecule has 1 saturated heterocycles. The van der Waals surface area contributed by atoms with Crippen molar-refractivity contribution in [3.63, 3.8) is 0 Å². The number of cyclic esters (lactones) is 1. The van der Waals surface area contributed by atoms with Gasteiger partial charge in [-0.25, -0.2) is 9.59 Å². The summed E-state index contributed by atoms with van der Waals surface area (Å²) in [6, 6.07) is 12.4. The summed E-state index contributed by atoms with van der Waals surface area (Å²) in [6.45, 7) is 3.14. The molecule has 44 heavy (non-hydrogen) atoms. The molecule has 10 nitrogen and oxygen atoms in total. The van der Waals surface area contributed by atoms with Gasteiger partial charge in [-0.1, -0.05) is 42.8 Å². The molecule has 0 radical (unpaired) electrons. The van der Waals surface area contributed by atoms with Crippen LogP contribution in [-0.4, -0.2) is 53.7 Å². The van der Waals surface area contributed by atoms with Gasteiger partial charge >= 0.3 is 17.9 Å². The maximum Gasteiger partial charge on any atom is 0.357 e. The molecule has 0 amide bonds. The van der Waals surface area contributed by atoms with Crippen LogP contribution in [0, 0.1) is 5.92 Å². The minimum Gasteiger partial charge on any atom is -0.493 e. The number of aliphatic hydroxyl groups is 1. The summed E-state index contributed by atoms with van der Waals surface area (Å²) in [6.07, 6.45) is 2.83. The predicted octanol–water partition coefficient (Wildman–Crippen LogP) is 4.65. The van der Waals surface area contributed by atoms with Gasteiger partial charge in [-0.15, -0.1) is 0 Å². The molecule has 234 valence electrons. The first-order chi connectivity index (χ1) is 21.0. The summed E-state index contributed by atoms with van der Waals surface area (Å²) in [5.41, 5.74) is 1.54. The molecule has 4 aliphatic rings. The average molecular weight is 607 g/mol. The highest BCUT2D eigenvalue weighted by atomic mass is 16.8. The molecule has 0 aromatic heterocycles. The second-order valence-electron chi connectivity index (χ2n) is 12.4. The zero-order chi connectivity index (χ0) is 31.1. The summed E-state index contributed by atoms with van der Waals surface area (Å²) in [4.78, 5) is 38.9. The third kappa shape index (κ3) is 6.05. The minimum absolute atomic E-state index is 0.00740. The molecule has 2 aromatic carbocycles. The van der Waals surface area contributed by atoms with Gasteiger partial charge in [-0.3, -0.25) is 4.79 Å². The number of benzene rings is 2. The Hall–Kier alpha value is -3.89. The van der Waals surface area contributed by atoms with Crippen LogP contribution in [0.15, 0.2) is 54.3 Å². The predicted molar refractivity (Wildman–Crippen MR) is 155 cm³/mol. The molecule has 0 spiro atoms. The lowest BCUT2D eigenvalue weighted by molar-refractivity contribution is -0.171. The topological polar surface area (TPSA) is 127 Å². The number of rotatable bonds is 7. The van der Waals surface area contributed by atoms with Crippen LogP contribution >= 0.6 is 0 Å². The lowest BCUT2D eigenvalue weighted by Gasteiger charge is -2.41. The fraction of sp³-hybridized carbons (Fsp3) is 0.500. The van der Waals surface area contributed by atoms with Crippen molar-refractivity contribution >= 4 is 17.9 Å². The molecular weight excluding hydrogens is 568 g/mol. The Morgan fingerprint density at radius 1 is 1.11 bits per heavy atom. The lowest BCUT2D eigenvalue weighted by Crippen LogP contribution is -2.46. The quantitative estimate of drug-likeness (QED) is 0.352. The maximum absolute atomic E-state index is 13.8. The van der Waals surface area contributed by atoms with E-state index in [1.807, 2.05) is 6.07 Å². The molecule has 2 aliphatic carbocycles. The van der Waals surface area contributed by atoms with Gasteiger partial charge in [-0.2, -0.15) is 0 Å². The van der Waals surface area contributed by atoms with Gasteiger partial charge < -0.3 is 33.5 Å². The van der Waals surface area contributed by atoms with Crippen molar-refractivity contribution in [2.75, 3.05) is 7.11 Å². The van der Waals surface area contributed by atoms with Crippen molar-refractivity contribution < 1.29 is 47.9 Å². The first-order valence-electron chi connectivity index (χ1n) is 15.2. The van der Waals surface area contributed by atoms with Crippen LogP contribution in [0.2, 0.25) is 0 Å². The van der Waals surface area contributed by atoms with E-state index in [0.29, 0.717) is 17.1 Å². The van der Waals surface area contributed by atoms with E-state index in [1.54, 1.807) is 57.4 Å². The number of ether oxygens (including phenoxy) is 6. The molecule has 2 aromatic rings. The second kappa shape index (κ2) is 11.9. The Kier molecular flexibility index (Phi) is 8.15. The molecule has 6 rings (SSSR count). The fourth-order valence-corrected chi connectivity index (χ4v) is 6.75. The molecule has 0 unspecified atom stereocenters. The van der Waals surface area contributed by atoms with E-state index in [4.69, 9.17) is 28.4 Å². The first-order valence-corrected chi connectivity index (χ1v) is 15.2. The summed E-state index contributed by atoms with van der Waals surface area (Å²) < 4.78 is 34.5. The number of hydrogen-bond donors (Lipinski definition) is 1. The Bertz CT molecular complexity index is 1460. The van der Waals surface area contributed by atoms with E-state index in [1.165, 1.54) is 0 Å². The van der Waals surface area contributed by atoms with Gasteiger partial charge in [0.05, 0.1) is 19.1 Å². The summed E-state index contributed by atoms with van der Waals surface area (Å²) >= 11 is 0. The number of carbonyl (C=O) groups excluding carboxylic acids is 3. The summed E-state index contributed by atoms with van der Waals surface area (Å²) in [5, 5.41) is 12.0. The third-order valence-corrected chi connectivity index (χ3v) is 8.94. The van der Waals surface area contributed by atoms with E-state index < -0.39 is 54.0 Å². The SMILES string of the molecule is COc1ccc2c3c1O[C@@H]1C[C@@](O)(CC=C1OC(=O)[C@@H](OC(=O)C[C@@H]1OC(C)(C)OC1=O)c1ccccc1)[C@H](CCCC3)C2. The first kappa shape index (κ1) is 30.1. The molecule has 1 fully saturated rings. The van der Waals surface area contributed by atoms with Crippen LogP contribution < -0.4 is 9.47 Å². The van der Waals surface area contributed by atoms with Gasteiger partial charge in [0.1, 0.15) is 5.76 Å². The van der Waals surface area contributed by atoms with E-state index in [2.05, 4.69) is 6.07 Å². The molecule has 2 heterocycles. The lowest BCUT2D eigenvalue weighted by atomic mass is 9.71. The molecule has 1 N–H and O–H groups in total. The number of esters is 3. The van der Waals surface area contributed by atoms with Crippen LogP contribution in [0.4, 0.5) is 0 Å². The van der Waals surface area contributed by atoms with Crippen molar-refractivity contribution in [2.45, 2.75) is 94.9 Å². The van der Waals surface area contributed by atoms with Crippen LogP contribution in [-0.2, 0) is 46.2 Å². The molecule has 6 bridgehead atoms. The van der Waals surface area contributed by atoms with Crippen molar-refractivity contribution in [1.29, 1.82) is 0 Å². The van der Waals surface area contributed by atoms with E-state index >= 15 is 0 Å². The Labute approximate surface area is 256 Å². The monoisotopic (exact) mass is 606 g/mol. The van der Waals surface area contributed by atoms with E-state index in [9.17, 15) is 19.5 Å². The third-order valence-electron chi connectivity index (χ3n) is 8.94. The zero-order valence-corrected chi connectivity index (χ0v) is 25.2. The van der Waals surface area contributed by atoms with Gasteiger partial charge in [-0.05, 0) is 55.7 Å². The fourth-order valence-electron chi connectivity index (χ4n) is 6.75. The van der Waals surface area contributed by atoms with Crippen LogP contribution in [0.3, 0.4) is 0 Å². The molecular formula is C34H38O10. The Morgan fingerprint density at radius 3 is 2.64 bits per heavy atom. The highest BCUT2D eigenvalue weighted by Gasteiger charge is 2.47. The van der Waals surface area contributed by atoms with Crippen molar-refractivity contribution in [3.05, 3.63) is 71.0 Å². The van der Waals surface area contributed by atoms with Gasteiger partial charge in [0.2, 0.25) is 11.9 Å². The van der Waals surface area contributed by atoms with Crippen molar-refractivity contribution in [1.82, 2.24) is 0 Å². The standard InChI is InChI=1S/C34H38O10/c1-33(2)43-26(31(36)44-33)18-28(35)42-29(20-9-5-4-6-10-20)32(37)41-24-15-16-34(38)19-27(24)40-30-23-12-8-7-11-22(34)17-21(23)13-14-25(30)39-3/h4-6,9-10,13-15,22,26-27,29,38H,7-8,11-12,16-19H2,1-3H3/t22-,26+,27-,29+,34+/m1/s1.